The van der Waals surface area contributed by atoms with Crippen LogP contribution in [0.15, 0.2) is 18.2 Å². The smallest absolute Gasteiger partial charge is 0.406 e. The van der Waals surface area contributed by atoms with Crippen molar-refractivity contribution in [2.75, 3.05) is 6.54 Å². The van der Waals surface area contributed by atoms with Crippen LogP contribution in [-0.4, -0.2) is 12.9 Å². The minimum atomic E-state index is -4.63. The second-order valence-electron chi connectivity index (χ2n) is 4.45. The molecular formula is C13H16F3NO. The zero-order valence-electron chi connectivity index (χ0n) is 10.2. The van der Waals surface area contributed by atoms with E-state index in [1.54, 1.807) is 6.07 Å². The molecular weight excluding hydrogens is 243 g/mol. The highest BCUT2D eigenvalue weighted by Crippen LogP contribution is 2.35. The maximum absolute atomic E-state index is 12.2. The molecule has 100 valence electrons. The third kappa shape index (κ3) is 3.16. The van der Waals surface area contributed by atoms with Crippen LogP contribution in [-0.2, 0) is 6.42 Å². The van der Waals surface area contributed by atoms with E-state index in [0.717, 1.165) is 36.9 Å². The SMILES string of the molecule is CCCNC1CCc2ccc(OC(F)(F)F)cc21. The Morgan fingerprint density at radius 1 is 1.39 bits per heavy atom. The molecule has 0 aromatic heterocycles. The van der Waals surface area contributed by atoms with Gasteiger partial charge in [0.1, 0.15) is 5.75 Å². The Morgan fingerprint density at radius 2 is 2.17 bits per heavy atom. The van der Waals surface area contributed by atoms with Crippen LogP contribution in [0.2, 0.25) is 0 Å². The molecule has 1 unspecified atom stereocenters. The summed E-state index contributed by atoms with van der Waals surface area (Å²) in [5.74, 6) is -0.133. The van der Waals surface area contributed by atoms with E-state index < -0.39 is 6.36 Å². The topological polar surface area (TPSA) is 21.3 Å². The third-order valence-corrected chi connectivity index (χ3v) is 3.07. The molecule has 18 heavy (non-hydrogen) atoms. The lowest BCUT2D eigenvalue weighted by Gasteiger charge is -2.15. The summed E-state index contributed by atoms with van der Waals surface area (Å²) in [6.07, 6.45) is -1.78. The molecule has 1 aromatic rings. The summed E-state index contributed by atoms with van der Waals surface area (Å²) in [6.45, 7) is 2.93. The van der Waals surface area contributed by atoms with E-state index in [1.807, 2.05) is 0 Å². The van der Waals surface area contributed by atoms with Crippen molar-refractivity contribution >= 4 is 0 Å². The third-order valence-electron chi connectivity index (χ3n) is 3.07. The molecule has 1 aromatic carbocycles. The zero-order valence-corrected chi connectivity index (χ0v) is 10.2. The van der Waals surface area contributed by atoms with Crippen molar-refractivity contribution in [3.63, 3.8) is 0 Å². The molecule has 0 amide bonds. The second kappa shape index (κ2) is 5.18. The van der Waals surface area contributed by atoms with Crippen LogP contribution in [0.1, 0.15) is 36.9 Å². The number of hydrogen-bond acceptors (Lipinski definition) is 2. The minimum Gasteiger partial charge on any atom is -0.406 e. The number of rotatable bonds is 4. The van der Waals surface area contributed by atoms with Crippen LogP contribution in [0.25, 0.3) is 0 Å². The van der Waals surface area contributed by atoms with Crippen molar-refractivity contribution in [2.24, 2.45) is 0 Å². The van der Waals surface area contributed by atoms with E-state index in [4.69, 9.17) is 0 Å². The summed E-state index contributed by atoms with van der Waals surface area (Å²) >= 11 is 0. The monoisotopic (exact) mass is 259 g/mol. The molecule has 1 aliphatic rings. The maximum atomic E-state index is 12.2. The highest BCUT2D eigenvalue weighted by molar-refractivity contribution is 5.40. The van der Waals surface area contributed by atoms with Crippen LogP contribution in [0, 0.1) is 0 Å². The first-order valence-electron chi connectivity index (χ1n) is 6.11. The Morgan fingerprint density at radius 3 is 2.83 bits per heavy atom. The summed E-state index contributed by atoms with van der Waals surface area (Å²) in [5.41, 5.74) is 2.04. The summed E-state index contributed by atoms with van der Waals surface area (Å²) in [7, 11) is 0. The van der Waals surface area contributed by atoms with Gasteiger partial charge in [-0.3, -0.25) is 0 Å². The molecule has 1 aliphatic carbocycles. The molecule has 0 saturated carbocycles. The maximum Gasteiger partial charge on any atom is 0.573 e. The number of benzene rings is 1. The van der Waals surface area contributed by atoms with E-state index in [0.29, 0.717) is 0 Å². The van der Waals surface area contributed by atoms with Gasteiger partial charge in [0.25, 0.3) is 0 Å². The van der Waals surface area contributed by atoms with Crippen LogP contribution in [0.3, 0.4) is 0 Å². The molecule has 5 heteroatoms. The largest absolute Gasteiger partial charge is 0.573 e. The normalized spacial score (nSPS) is 18.8. The molecule has 0 aliphatic heterocycles. The van der Waals surface area contributed by atoms with Gasteiger partial charge in [-0.15, -0.1) is 13.2 Å². The minimum absolute atomic E-state index is 0.133. The van der Waals surface area contributed by atoms with E-state index in [-0.39, 0.29) is 11.8 Å². The van der Waals surface area contributed by atoms with Gasteiger partial charge >= 0.3 is 6.36 Å². The highest BCUT2D eigenvalue weighted by Gasteiger charge is 2.32. The number of aryl methyl sites for hydroxylation is 1. The number of hydrogen-bond donors (Lipinski definition) is 1. The molecule has 2 rings (SSSR count). The van der Waals surface area contributed by atoms with Crippen molar-refractivity contribution < 1.29 is 17.9 Å². The first-order chi connectivity index (χ1) is 8.49. The van der Waals surface area contributed by atoms with Gasteiger partial charge in [0.2, 0.25) is 0 Å². The zero-order chi connectivity index (χ0) is 13.2. The van der Waals surface area contributed by atoms with Gasteiger partial charge in [0, 0.05) is 6.04 Å². The Balaban J connectivity index is 2.14. The van der Waals surface area contributed by atoms with Crippen molar-refractivity contribution in [1.29, 1.82) is 0 Å². The fourth-order valence-electron chi connectivity index (χ4n) is 2.31. The second-order valence-corrected chi connectivity index (χ2v) is 4.45. The van der Waals surface area contributed by atoms with Crippen molar-refractivity contribution in [3.05, 3.63) is 29.3 Å². The van der Waals surface area contributed by atoms with E-state index >= 15 is 0 Å². The van der Waals surface area contributed by atoms with Gasteiger partial charge in [-0.05, 0) is 49.1 Å². The average Bonchev–Trinajstić information content (AvgIpc) is 2.67. The van der Waals surface area contributed by atoms with Gasteiger partial charge in [0.15, 0.2) is 0 Å². The molecule has 0 spiro atoms. The van der Waals surface area contributed by atoms with Gasteiger partial charge in [-0.2, -0.15) is 0 Å². The molecule has 1 N–H and O–H groups in total. The summed E-state index contributed by atoms with van der Waals surface area (Å²) in [6, 6.07) is 4.76. The average molecular weight is 259 g/mol. The van der Waals surface area contributed by atoms with Crippen LogP contribution >= 0.6 is 0 Å². The molecule has 2 nitrogen and oxygen atoms in total. The van der Waals surface area contributed by atoms with Crippen LogP contribution in [0.4, 0.5) is 13.2 Å². The predicted molar refractivity (Wildman–Crippen MR) is 62.5 cm³/mol. The summed E-state index contributed by atoms with van der Waals surface area (Å²) < 4.78 is 40.4. The van der Waals surface area contributed by atoms with E-state index in [9.17, 15) is 13.2 Å². The lowest BCUT2D eigenvalue weighted by molar-refractivity contribution is -0.274. The molecule has 0 heterocycles. The van der Waals surface area contributed by atoms with Gasteiger partial charge in [-0.1, -0.05) is 13.0 Å². The van der Waals surface area contributed by atoms with Crippen molar-refractivity contribution in [1.82, 2.24) is 5.32 Å². The fourth-order valence-corrected chi connectivity index (χ4v) is 2.31. The molecule has 0 fully saturated rings. The number of alkyl halides is 3. The van der Waals surface area contributed by atoms with Crippen molar-refractivity contribution in [2.45, 2.75) is 38.6 Å². The first-order valence-corrected chi connectivity index (χ1v) is 6.11. The first kappa shape index (κ1) is 13.2. The molecule has 0 radical (unpaired) electrons. The number of ether oxygens (including phenoxy) is 1. The van der Waals surface area contributed by atoms with Crippen LogP contribution < -0.4 is 10.1 Å². The fraction of sp³-hybridized carbons (Fsp3) is 0.538. The van der Waals surface area contributed by atoms with E-state index in [2.05, 4.69) is 17.0 Å². The van der Waals surface area contributed by atoms with Gasteiger partial charge in [0.05, 0.1) is 0 Å². The Kier molecular flexibility index (Phi) is 3.80. The quantitative estimate of drug-likeness (QED) is 0.892. The predicted octanol–water partition coefficient (Wildman–Crippen LogP) is 3.57. The van der Waals surface area contributed by atoms with Crippen LogP contribution in [0.5, 0.6) is 5.75 Å². The lowest BCUT2D eigenvalue weighted by atomic mass is 10.1. The standard InChI is InChI=1S/C13H16F3NO/c1-2-7-17-12-6-4-9-3-5-10(8-11(9)12)18-13(14,15)16/h3,5,8,12,17H,2,4,6-7H2,1H3. The molecule has 1 atom stereocenters. The van der Waals surface area contributed by atoms with Gasteiger partial charge in [-0.25, -0.2) is 0 Å². The lowest BCUT2D eigenvalue weighted by Crippen LogP contribution is -2.20. The highest BCUT2D eigenvalue weighted by atomic mass is 19.4. The summed E-state index contributed by atoms with van der Waals surface area (Å²) in [4.78, 5) is 0. The summed E-state index contributed by atoms with van der Waals surface area (Å²) in [5, 5.41) is 3.34. The number of fused-ring (bicyclic) bond motifs is 1. The van der Waals surface area contributed by atoms with Crippen molar-refractivity contribution in [3.8, 4) is 5.75 Å². The number of nitrogens with one attached hydrogen (secondary N) is 1. The van der Waals surface area contributed by atoms with E-state index in [1.165, 1.54) is 12.1 Å². The Bertz CT molecular complexity index is 417. The molecule has 0 bridgehead atoms. The Hall–Kier alpha value is -1.23. The molecule has 0 saturated heterocycles. The van der Waals surface area contributed by atoms with Gasteiger partial charge < -0.3 is 10.1 Å². The number of halogens is 3. The Labute approximate surface area is 104 Å².